The van der Waals surface area contributed by atoms with Gasteiger partial charge in [0.25, 0.3) is 0 Å². The van der Waals surface area contributed by atoms with Crippen molar-refractivity contribution in [1.29, 1.82) is 0 Å². The van der Waals surface area contributed by atoms with Crippen LogP contribution in [-0.4, -0.2) is 28.5 Å². The van der Waals surface area contributed by atoms with Crippen molar-refractivity contribution in [2.75, 3.05) is 6.61 Å². The zero-order valence-corrected chi connectivity index (χ0v) is 17.3. The molecule has 1 aliphatic carbocycles. The number of carbonyl (C=O) groups excluding carboxylic acids is 1. The molecule has 0 spiro atoms. The zero-order valence-electron chi connectivity index (χ0n) is 17.3. The maximum Gasteiger partial charge on any atom is 0.303 e. The number of nitrogens with zero attached hydrogens (tertiary/aromatic N) is 1. The van der Waals surface area contributed by atoms with Gasteiger partial charge in [0, 0.05) is 41.7 Å². The quantitative estimate of drug-likeness (QED) is 0.520. The van der Waals surface area contributed by atoms with Crippen LogP contribution in [-0.2, 0) is 18.3 Å². The van der Waals surface area contributed by atoms with Gasteiger partial charge in [0.15, 0.2) is 6.29 Å². The van der Waals surface area contributed by atoms with Crippen molar-refractivity contribution in [3.8, 4) is 16.9 Å². The number of fused-ring (bicyclic) bond motifs is 1. The lowest BCUT2D eigenvalue weighted by Gasteiger charge is -2.16. The van der Waals surface area contributed by atoms with Gasteiger partial charge in [-0.25, -0.2) is 0 Å². The molecule has 1 N–H and O–H groups in total. The number of aldehydes is 1. The summed E-state index contributed by atoms with van der Waals surface area (Å²) in [4.78, 5) is 22.5. The lowest BCUT2D eigenvalue weighted by molar-refractivity contribution is -0.136. The van der Waals surface area contributed by atoms with Gasteiger partial charge in [0.05, 0.1) is 6.61 Å². The van der Waals surface area contributed by atoms with E-state index in [0.29, 0.717) is 24.5 Å². The minimum absolute atomic E-state index is 0.0920. The summed E-state index contributed by atoms with van der Waals surface area (Å²) in [6, 6.07) is 12.0. The number of aromatic nitrogens is 1. The number of benzene rings is 2. The summed E-state index contributed by atoms with van der Waals surface area (Å²) in [5.41, 5.74) is 4.53. The van der Waals surface area contributed by atoms with Crippen LogP contribution in [0.2, 0.25) is 0 Å². The smallest absolute Gasteiger partial charge is 0.303 e. The first-order valence-corrected chi connectivity index (χ1v) is 10.6. The van der Waals surface area contributed by atoms with Gasteiger partial charge in [-0.3, -0.25) is 9.59 Å². The Balaban J connectivity index is 1.72. The van der Waals surface area contributed by atoms with Crippen LogP contribution in [0, 0.1) is 5.92 Å². The molecule has 2 aromatic carbocycles. The van der Waals surface area contributed by atoms with Crippen molar-refractivity contribution in [1.82, 2.24) is 4.57 Å². The number of carbonyl (C=O) groups is 2. The molecule has 1 heterocycles. The second-order valence-electron chi connectivity index (χ2n) is 8.23. The number of carboxylic acid groups (broad SMARTS) is 1. The van der Waals surface area contributed by atoms with Gasteiger partial charge in [-0.1, -0.05) is 25.0 Å². The molecule has 5 heteroatoms. The fourth-order valence-electron chi connectivity index (χ4n) is 4.40. The minimum Gasteiger partial charge on any atom is -0.493 e. The maximum absolute atomic E-state index is 11.5. The predicted octanol–water partition coefficient (Wildman–Crippen LogP) is 5.24. The summed E-state index contributed by atoms with van der Waals surface area (Å²) in [6.45, 7) is 0.703. The second-order valence-corrected chi connectivity index (χ2v) is 8.23. The lowest BCUT2D eigenvalue weighted by Crippen LogP contribution is -2.09. The van der Waals surface area contributed by atoms with E-state index in [1.54, 1.807) is 0 Å². The molecule has 30 heavy (non-hydrogen) atoms. The van der Waals surface area contributed by atoms with Crippen molar-refractivity contribution in [2.24, 2.45) is 13.0 Å². The summed E-state index contributed by atoms with van der Waals surface area (Å²) in [5.74, 6) is 0.603. The van der Waals surface area contributed by atoms with Crippen molar-refractivity contribution in [3.05, 3.63) is 53.7 Å². The van der Waals surface area contributed by atoms with Crippen LogP contribution < -0.4 is 4.74 Å². The Bertz CT molecular complexity index is 1080. The van der Waals surface area contributed by atoms with Crippen LogP contribution in [0.1, 0.15) is 48.0 Å². The highest BCUT2D eigenvalue weighted by Crippen LogP contribution is 2.35. The van der Waals surface area contributed by atoms with E-state index in [1.807, 2.05) is 54.2 Å². The average Bonchev–Trinajstić information content (AvgIpc) is 3.38. The van der Waals surface area contributed by atoms with E-state index in [4.69, 9.17) is 9.84 Å². The third-order valence-corrected chi connectivity index (χ3v) is 6.08. The SMILES string of the molecule is Cn1cc(C=O)c2cc(-c3cc(CCC(=O)O)ccc3OCC3CCCC3)ccc21. The van der Waals surface area contributed by atoms with Gasteiger partial charge >= 0.3 is 5.97 Å². The first kappa shape index (κ1) is 20.2. The Kier molecular flexibility index (Phi) is 5.88. The summed E-state index contributed by atoms with van der Waals surface area (Å²) in [7, 11) is 1.93. The molecule has 0 unspecified atom stereocenters. The largest absolute Gasteiger partial charge is 0.493 e. The molecule has 0 bridgehead atoms. The molecular formula is C25H27NO4. The average molecular weight is 405 g/mol. The van der Waals surface area contributed by atoms with Crippen LogP contribution in [0.5, 0.6) is 5.75 Å². The molecular weight excluding hydrogens is 378 g/mol. The van der Waals surface area contributed by atoms with Crippen molar-refractivity contribution < 1.29 is 19.4 Å². The van der Waals surface area contributed by atoms with Crippen molar-refractivity contribution >= 4 is 23.2 Å². The van der Waals surface area contributed by atoms with Gasteiger partial charge < -0.3 is 14.4 Å². The second kappa shape index (κ2) is 8.74. The van der Waals surface area contributed by atoms with Crippen LogP contribution in [0.3, 0.4) is 0 Å². The summed E-state index contributed by atoms with van der Waals surface area (Å²) in [6.07, 6.45) is 8.25. The fourth-order valence-corrected chi connectivity index (χ4v) is 4.40. The third kappa shape index (κ3) is 4.25. The zero-order chi connectivity index (χ0) is 21.1. The highest BCUT2D eigenvalue weighted by atomic mass is 16.5. The molecule has 0 radical (unpaired) electrons. The molecule has 156 valence electrons. The molecule has 1 aromatic heterocycles. The van der Waals surface area contributed by atoms with Crippen LogP contribution >= 0.6 is 0 Å². The van der Waals surface area contributed by atoms with Crippen LogP contribution in [0.15, 0.2) is 42.6 Å². The maximum atomic E-state index is 11.5. The summed E-state index contributed by atoms with van der Waals surface area (Å²) >= 11 is 0. The molecule has 3 aromatic rings. The van der Waals surface area contributed by atoms with Gasteiger partial charge in [0.1, 0.15) is 5.75 Å². The first-order chi connectivity index (χ1) is 14.5. The lowest BCUT2D eigenvalue weighted by atomic mass is 9.98. The Morgan fingerprint density at radius 3 is 2.73 bits per heavy atom. The number of aryl methyl sites for hydroxylation is 2. The van der Waals surface area contributed by atoms with Gasteiger partial charge in [-0.05, 0) is 60.6 Å². The van der Waals surface area contributed by atoms with Crippen LogP contribution in [0.4, 0.5) is 0 Å². The van der Waals surface area contributed by atoms with E-state index in [-0.39, 0.29) is 6.42 Å². The molecule has 0 amide bonds. The fraction of sp³-hybridized carbons (Fsp3) is 0.360. The molecule has 1 aliphatic rings. The van der Waals surface area contributed by atoms with E-state index < -0.39 is 5.97 Å². The van der Waals surface area contributed by atoms with E-state index in [1.165, 1.54) is 25.7 Å². The number of hydrogen-bond donors (Lipinski definition) is 1. The Morgan fingerprint density at radius 2 is 2.00 bits per heavy atom. The van der Waals surface area contributed by atoms with Gasteiger partial charge in [-0.15, -0.1) is 0 Å². The van der Waals surface area contributed by atoms with E-state index in [9.17, 15) is 9.59 Å². The van der Waals surface area contributed by atoms with Crippen molar-refractivity contribution in [3.63, 3.8) is 0 Å². The van der Waals surface area contributed by atoms with Crippen molar-refractivity contribution in [2.45, 2.75) is 38.5 Å². The Hall–Kier alpha value is -3.08. The molecule has 1 saturated carbocycles. The highest BCUT2D eigenvalue weighted by Gasteiger charge is 2.17. The molecule has 1 fully saturated rings. The number of ether oxygens (including phenoxy) is 1. The number of aliphatic carboxylic acids is 1. The number of rotatable bonds is 8. The molecule has 4 rings (SSSR count). The standard InChI is InChI=1S/C25H27NO4/c1-26-14-20(15-27)21-13-19(8-9-23(21)26)22-12-17(7-11-25(28)29)6-10-24(22)30-16-18-4-2-3-5-18/h6,8-10,12-15,18H,2-5,7,11,16H2,1H3,(H,28,29). The molecule has 5 nitrogen and oxygen atoms in total. The monoisotopic (exact) mass is 405 g/mol. The van der Waals surface area contributed by atoms with E-state index in [0.717, 1.165) is 39.6 Å². The first-order valence-electron chi connectivity index (χ1n) is 10.6. The topological polar surface area (TPSA) is 68.5 Å². The number of carboxylic acids is 1. The van der Waals surface area contributed by atoms with Gasteiger partial charge in [-0.2, -0.15) is 0 Å². The van der Waals surface area contributed by atoms with Gasteiger partial charge in [0.2, 0.25) is 0 Å². The van der Waals surface area contributed by atoms with Crippen LogP contribution in [0.25, 0.3) is 22.0 Å². The van der Waals surface area contributed by atoms with E-state index in [2.05, 4.69) is 0 Å². The van der Waals surface area contributed by atoms with E-state index >= 15 is 0 Å². The summed E-state index contributed by atoms with van der Waals surface area (Å²) < 4.78 is 8.19. The minimum atomic E-state index is -0.806. The predicted molar refractivity (Wildman–Crippen MR) is 117 cm³/mol. The third-order valence-electron chi connectivity index (χ3n) is 6.08. The summed E-state index contributed by atoms with van der Waals surface area (Å²) in [5, 5.41) is 9.94. The molecule has 0 saturated heterocycles. The molecule has 0 aliphatic heterocycles. The molecule has 0 atom stereocenters. The highest BCUT2D eigenvalue weighted by molar-refractivity contribution is 5.99. The number of hydrogen-bond acceptors (Lipinski definition) is 3. The Morgan fingerprint density at radius 1 is 1.20 bits per heavy atom. The normalized spacial score (nSPS) is 14.3. The Labute approximate surface area is 176 Å².